The molecule has 0 saturated heterocycles. The highest BCUT2D eigenvalue weighted by atomic mass is 16.5. The van der Waals surface area contributed by atoms with Crippen LogP contribution in [0.3, 0.4) is 0 Å². The minimum absolute atomic E-state index is 0.114. The average molecular weight is 420 g/mol. The van der Waals surface area contributed by atoms with E-state index < -0.39 is 11.8 Å². The number of methoxy groups -OCH3 is 2. The molecule has 0 atom stereocenters. The maximum atomic E-state index is 12.6. The second kappa shape index (κ2) is 9.17. The van der Waals surface area contributed by atoms with E-state index >= 15 is 0 Å². The van der Waals surface area contributed by atoms with Gasteiger partial charge in [0.1, 0.15) is 0 Å². The number of carbonyl (C=O) groups is 2. The molecular formula is C23H24N4O4. The average Bonchev–Trinajstić information content (AvgIpc) is 3.05. The van der Waals surface area contributed by atoms with Crippen LogP contribution in [0.1, 0.15) is 27.3 Å². The molecule has 0 aliphatic carbocycles. The summed E-state index contributed by atoms with van der Waals surface area (Å²) >= 11 is 0. The summed E-state index contributed by atoms with van der Waals surface area (Å²) in [7, 11) is 2.91. The Morgan fingerprint density at radius 2 is 1.71 bits per heavy atom. The number of primary amides is 1. The first-order chi connectivity index (χ1) is 14.8. The van der Waals surface area contributed by atoms with E-state index in [0.29, 0.717) is 11.5 Å². The largest absolute Gasteiger partial charge is 0.493 e. The van der Waals surface area contributed by atoms with E-state index in [0.717, 1.165) is 22.6 Å². The number of nitrogens with zero attached hydrogens (tertiary/aromatic N) is 2. The molecule has 0 fully saturated rings. The van der Waals surface area contributed by atoms with Crippen LogP contribution >= 0.6 is 0 Å². The number of rotatable bonds is 7. The number of hydrogen-bond acceptors (Lipinski definition) is 5. The van der Waals surface area contributed by atoms with Gasteiger partial charge in [-0.05, 0) is 38.1 Å². The van der Waals surface area contributed by atoms with Gasteiger partial charge in [0.25, 0.3) is 5.91 Å². The Labute approximate surface area is 180 Å². The lowest BCUT2D eigenvalue weighted by Crippen LogP contribution is -2.17. The minimum Gasteiger partial charge on any atom is -0.493 e. The first-order valence-electron chi connectivity index (χ1n) is 9.52. The Balaban J connectivity index is 1.87. The van der Waals surface area contributed by atoms with E-state index in [1.807, 2.05) is 48.9 Å². The number of aryl methyl sites for hydroxylation is 1. The van der Waals surface area contributed by atoms with Crippen LogP contribution in [0, 0.1) is 13.8 Å². The number of hydrogen-bond donors (Lipinski definition) is 2. The van der Waals surface area contributed by atoms with Crippen molar-refractivity contribution in [3.63, 3.8) is 0 Å². The molecular weight excluding hydrogens is 396 g/mol. The topological polar surface area (TPSA) is 108 Å². The highest BCUT2D eigenvalue weighted by Gasteiger charge is 2.16. The van der Waals surface area contributed by atoms with Crippen molar-refractivity contribution in [3.8, 4) is 17.2 Å². The van der Waals surface area contributed by atoms with Gasteiger partial charge in [-0.3, -0.25) is 9.59 Å². The SMILES string of the molecule is COc1cc(NC(=O)/C=C/c2c(C)nn(-c3ccccc3)c2C)c(C(N)=O)cc1OC. The monoisotopic (exact) mass is 420 g/mol. The number of benzene rings is 2. The molecule has 8 heteroatoms. The molecule has 1 heterocycles. The fraction of sp³-hybridized carbons (Fsp3) is 0.174. The van der Waals surface area contributed by atoms with Gasteiger partial charge in [0.2, 0.25) is 5.91 Å². The molecule has 3 rings (SSSR count). The molecule has 0 saturated carbocycles. The second-order valence-electron chi connectivity index (χ2n) is 6.77. The smallest absolute Gasteiger partial charge is 0.250 e. The van der Waals surface area contributed by atoms with E-state index in [9.17, 15) is 9.59 Å². The summed E-state index contributed by atoms with van der Waals surface area (Å²) in [6.07, 6.45) is 3.07. The van der Waals surface area contributed by atoms with Crippen molar-refractivity contribution < 1.29 is 19.1 Å². The van der Waals surface area contributed by atoms with E-state index in [2.05, 4.69) is 10.4 Å². The summed E-state index contributed by atoms with van der Waals surface area (Å²) in [4.78, 5) is 24.4. The Morgan fingerprint density at radius 1 is 1.06 bits per heavy atom. The van der Waals surface area contributed by atoms with Gasteiger partial charge in [-0.15, -0.1) is 0 Å². The summed E-state index contributed by atoms with van der Waals surface area (Å²) in [5.74, 6) is -0.427. The van der Waals surface area contributed by atoms with Gasteiger partial charge >= 0.3 is 0 Å². The van der Waals surface area contributed by atoms with Crippen molar-refractivity contribution in [2.75, 3.05) is 19.5 Å². The second-order valence-corrected chi connectivity index (χ2v) is 6.77. The molecule has 0 spiro atoms. The highest BCUT2D eigenvalue weighted by Crippen LogP contribution is 2.33. The number of nitrogens with two attached hydrogens (primary N) is 1. The zero-order valence-electron chi connectivity index (χ0n) is 17.8. The van der Waals surface area contributed by atoms with Crippen LogP contribution in [0.2, 0.25) is 0 Å². The van der Waals surface area contributed by atoms with E-state index in [1.54, 1.807) is 6.08 Å². The Hall–Kier alpha value is -4.07. The van der Waals surface area contributed by atoms with Gasteiger partial charge in [-0.2, -0.15) is 5.10 Å². The summed E-state index contributed by atoms with van der Waals surface area (Å²) in [5, 5.41) is 7.24. The zero-order valence-corrected chi connectivity index (χ0v) is 17.8. The van der Waals surface area contributed by atoms with Gasteiger partial charge in [0, 0.05) is 23.4 Å². The predicted molar refractivity (Wildman–Crippen MR) is 119 cm³/mol. The molecule has 3 N–H and O–H groups in total. The third kappa shape index (κ3) is 4.58. The van der Waals surface area contributed by atoms with Gasteiger partial charge in [0.05, 0.1) is 36.9 Å². The molecule has 0 aliphatic rings. The van der Waals surface area contributed by atoms with Crippen molar-refractivity contribution in [1.29, 1.82) is 0 Å². The van der Waals surface area contributed by atoms with Crippen LogP contribution in [0.15, 0.2) is 48.5 Å². The molecule has 0 unspecified atom stereocenters. The van der Waals surface area contributed by atoms with Crippen molar-refractivity contribution in [3.05, 3.63) is 71.1 Å². The van der Waals surface area contributed by atoms with Crippen molar-refractivity contribution >= 4 is 23.6 Å². The molecule has 2 amide bonds. The van der Waals surface area contributed by atoms with Crippen LogP contribution in [-0.2, 0) is 4.79 Å². The number of anilines is 1. The maximum Gasteiger partial charge on any atom is 0.250 e. The van der Waals surface area contributed by atoms with E-state index in [4.69, 9.17) is 15.2 Å². The van der Waals surface area contributed by atoms with E-state index in [1.165, 1.54) is 32.4 Å². The number of nitrogens with one attached hydrogen (secondary N) is 1. The Morgan fingerprint density at radius 3 is 2.32 bits per heavy atom. The normalized spacial score (nSPS) is 10.8. The predicted octanol–water partition coefficient (Wildman–Crippen LogP) is 3.26. The fourth-order valence-electron chi connectivity index (χ4n) is 3.24. The number of ether oxygens (including phenoxy) is 2. The quantitative estimate of drug-likeness (QED) is 0.571. The lowest BCUT2D eigenvalue weighted by Gasteiger charge is -2.13. The molecule has 3 aromatic rings. The minimum atomic E-state index is -0.698. The standard InChI is InChI=1S/C23H24N4O4/c1-14-17(15(2)27(26-14)16-8-6-5-7-9-16)10-11-22(28)25-19-13-21(31-4)20(30-3)12-18(19)23(24)29/h5-13H,1-4H3,(H2,24,29)(H,25,28)/b11-10+. The van der Waals surface area contributed by atoms with Gasteiger partial charge in [-0.25, -0.2) is 4.68 Å². The van der Waals surface area contributed by atoms with Gasteiger partial charge in [0.15, 0.2) is 11.5 Å². The fourth-order valence-corrected chi connectivity index (χ4v) is 3.24. The molecule has 8 nitrogen and oxygen atoms in total. The summed E-state index contributed by atoms with van der Waals surface area (Å²) in [6.45, 7) is 3.81. The van der Waals surface area contributed by atoms with Crippen LogP contribution in [0.25, 0.3) is 11.8 Å². The summed E-state index contributed by atoms with van der Waals surface area (Å²) in [5.41, 5.74) is 9.25. The van der Waals surface area contributed by atoms with Crippen LogP contribution in [0.4, 0.5) is 5.69 Å². The molecule has 160 valence electrons. The lowest BCUT2D eigenvalue weighted by molar-refractivity contribution is -0.111. The summed E-state index contributed by atoms with van der Waals surface area (Å²) < 4.78 is 12.3. The number of amides is 2. The Kier molecular flexibility index (Phi) is 6.40. The van der Waals surface area contributed by atoms with Crippen LogP contribution < -0.4 is 20.5 Å². The lowest BCUT2D eigenvalue weighted by atomic mass is 10.1. The molecule has 0 aliphatic heterocycles. The van der Waals surface area contributed by atoms with Gasteiger partial charge in [-0.1, -0.05) is 18.2 Å². The van der Waals surface area contributed by atoms with Crippen molar-refractivity contribution in [2.24, 2.45) is 5.73 Å². The van der Waals surface area contributed by atoms with Crippen LogP contribution in [0.5, 0.6) is 11.5 Å². The molecule has 0 radical (unpaired) electrons. The van der Waals surface area contributed by atoms with E-state index in [-0.39, 0.29) is 11.3 Å². The molecule has 1 aromatic heterocycles. The third-order valence-corrected chi connectivity index (χ3v) is 4.80. The number of para-hydroxylation sites is 1. The number of carbonyl (C=O) groups excluding carboxylic acids is 2. The van der Waals surface area contributed by atoms with Gasteiger partial charge < -0.3 is 20.5 Å². The number of aromatic nitrogens is 2. The zero-order chi connectivity index (χ0) is 22.5. The van der Waals surface area contributed by atoms with Crippen LogP contribution in [-0.4, -0.2) is 35.8 Å². The Bertz CT molecular complexity index is 1150. The maximum absolute atomic E-state index is 12.6. The molecule has 2 aromatic carbocycles. The third-order valence-electron chi connectivity index (χ3n) is 4.80. The first kappa shape index (κ1) is 21.6. The molecule has 31 heavy (non-hydrogen) atoms. The molecule has 0 bridgehead atoms. The van der Waals surface area contributed by atoms with Crippen molar-refractivity contribution in [2.45, 2.75) is 13.8 Å². The highest BCUT2D eigenvalue weighted by molar-refractivity contribution is 6.07. The van der Waals surface area contributed by atoms with Crippen molar-refractivity contribution in [1.82, 2.24) is 9.78 Å². The first-order valence-corrected chi connectivity index (χ1v) is 9.52. The summed E-state index contributed by atoms with van der Waals surface area (Å²) in [6, 6.07) is 12.7.